The number of carbonyl (C=O) groups is 7. The first-order chi connectivity index (χ1) is 31.1. The summed E-state index contributed by atoms with van der Waals surface area (Å²) in [4.78, 5) is 84.3. The lowest BCUT2D eigenvalue weighted by molar-refractivity contribution is -0.137. The number of nitrogens with one attached hydrogen (secondary N) is 5. The highest BCUT2D eigenvalue weighted by Crippen LogP contribution is 2.10. The molecule has 22 nitrogen and oxygen atoms in total. The number of hydrogen-bond acceptors (Lipinski definition) is 16. The van der Waals surface area contributed by atoms with Crippen LogP contribution in [0.4, 0.5) is 5.69 Å². The number of anilines is 1. The van der Waals surface area contributed by atoms with E-state index in [0.717, 1.165) is 4.90 Å². The Hall–Kier alpha value is -4.91. The van der Waals surface area contributed by atoms with Gasteiger partial charge in [-0.1, -0.05) is 12.1 Å². The van der Waals surface area contributed by atoms with Gasteiger partial charge in [0.25, 0.3) is 11.8 Å². The molecule has 7 amide bonds. The van der Waals surface area contributed by atoms with Gasteiger partial charge in [0.2, 0.25) is 29.5 Å². The Morgan fingerprint density at radius 3 is 1.48 bits per heavy atom. The number of benzene rings is 1. The van der Waals surface area contributed by atoms with E-state index < -0.39 is 29.7 Å². The summed E-state index contributed by atoms with van der Waals surface area (Å²) < 4.78 is 43.5. The third-order valence-electron chi connectivity index (χ3n) is 8.63. The summed E-state index contributed by atoms with van der Waals surface area (Å²) in [6, 6.07) is 5.79. The fourth-order valence-electron chi connectivity index (χ4n) is 5.16. The predicted molar refractivity (Wildman–Crippen MR) is 229 cm³/mol. The van der Waals surface area contributed by atoms with Gasteiger partial charge >= 0.3 is 0 Å². The highest BCUT2D eigenvalue weighted by molar-refractivity contribution is 6.13. The second-order valence-electron chi connectivity index (χ2n) is 13.8. The van der Waals surface area contributed by atoms with Gasteiger partial charge in [-0.2, -0.15) is 0 Å². The maximum Gasteiger partial charge on any atom is 0.253 e. The van der Waals surface area contributed by atoms with Crippen molar-refractivity contribution in [1.29, 1.82) is 0 Å². The number of nitrogens with zero attached hydrogens (tertiary/aromatic N) is 1. The van der Waals surface area contributed by atoms with E-state index in [9.17, 15) is 33.6 Å². The Bertz CT molecular complexity index is 1530. The van der Waals surface area contributed by atoms with E-state index in [-0.39, 0.29) is 69.8 Å². The minimum absolute atomic E-state index is 0.0362. The van der Waals surface area contributed by atoms with Crippen molar-refractivity contribution < 1.29 is 76.6 Å². The van der Waals surface area contributed by atoms with Crippen LogP contribution in [-0.4, -0.2) is 189 Å². The molecule has 360 valence electrons. The smallest absolute Gasteiger partial charge is 0.253 e. The van der Waals surface area contributed by atoms with Crippen molar-refractivity contribution in [3.05, 3.63) is 42.0 Å². The molecule has 22 heteroatoms. The molecular formula is C42H66N6O16. The van der Waals surface area contributed by atoms with E-state index in [0.29, 0.717) is 123 Å². The Kier molecular flexibility index (Phi) is 31.4. The molecule has 6 N–H and O–H groups in total. The monoisotopic (exact) mass is 910 g/mol. The van der Waals surface area contributed by atoms with Gasteiger partial charge in [-0.05, 0) is 31.0 Å². The molecule has 0 bridgehead atoms. The van der Waals surface area contributed by atoms with Gasteiger partial charge < -0.3 is 69.6 Å². The van der Waals surface area contributed by atoms with Crippen LogP contribution in [-0.2, 0) is 78.1 Å². The van der Waals surface area contributed by atoms with Crippen molar-refractivity contribution in [2.24, 2.45) is 0 Å². The van der Waals surface area contributed by atoms with Gasteiger partial charge in [0.15, 0.2) is 0 Å². The zero-order chi connectivity index (χ0) is 46.5. The molecule has 1 aliphatic rings. The van der Waals surface area contributed by atoms with Crippen LogP contribution >= 0.6 is 0 Å². The standard InChI is InChI=1S/C42H66N6O16/c1-33(42(56)47-35-6-4-34(32-49)5-7-35)46-39(53)31-45-36(50)3-2-12-43-38(52)11-15-57-17-19-59-21-23-61-25-27-63-29-30-64-28-26-62-24-22-60-20-18-58-16-13-44-37(51)10-14-48-40(54)8-9-41(48)55/h4-9,33,49H,2-3,10-32H2,1H3,(H,43,52)(H,44,51)(H,45,50)(H,46,53)(H,47,56)/t33-/m0/s1. The normalized spacial score (nSPS) is 12.6. The molecule has 0 radical (unpaired) electrons. The van der Waals surface area contributed by atoms with Crippen LogP contribution in [0.2, 0.25) is 0 Å². The van der Waals surface area contributed by atoms with Gasteiger partial charge in [-0.3, -0.25) is 38.5 Å². The molecule has 0 saturated carbocycles. The van der Waals surface area contributed by atoms with E-state index in [1.807, 2.05) is 0 Å². The Balaban J connectivity index is 1.23. The molecule has 1 atom stereocenters. The first-order valence-corrected chi connectivity index (χ1v) is 21.3. The molecule has 0 spiro atoms. The van der Waals surface area contributed by atoms with E-state index in [4.69, 9.17) is 43.0 Å². The van der Waals surface area contributed by atoms with Gasteiger partial charge in [-0.25, -0.2) is 0 Å². The molecule has 0 unspecified atom stereocenters. The number of aliphatic hydroxyl groups is 1. The number of carbonyl (C=O) groups excluding carboxylic acids is 7. The molecule has 0 saturated heterocycles. The summed E-state index contributed by atoms with van der Waals surface area (Å²) in [5, 5.41) is 22.2. The quantitative estimate of drug-likeness (QED) is 0.0326. The van der Waals surface area contributed by atoms with Crippen LogP contribution in [0.15, 0.2) is 36.4 Å². The maximum absolute atomic E-state index is 12.3. The maximum atomic E-state index is 12.3. The third kappa shape index (κ3) is 28.7. The van der Waals surface area contributed by atoms with Gasteiger partial charge in [-0.15, -0.1) is 0 Å². The SMILES string of the molecule is C[C@H](NC(=O)CNC(=O)CCCNC(=O)CCOCCOCCOCCOCCOCCOCCOCCOCCNC(=O)CCN1C(=O)C=CC1=O)C(=O)Nc1ccc(CO)cc1. The summed E-state index contributed by atoms with van der Waals surface area (Å²) in [6.07, 6.45) is 3.05. The Morgan fingerprint density at radius 1 is 0.547 bits per heavy atom. The fraction of sp³-hybridized carbons (Fsp3) is 0.643. The molecule has 1 aliphatic heterocycles. The van der Waals surface area contributed by atoms with Crippen LogP contribution in [0.3, 0.4) is 0 Å². The van der Waals surface area contributed by atoms with Gasteiger partial charge in [0.1, 0.15) is 6.04 Å². The molecule has 2 rings (SSSR count). The zero-order valence-electron chi connectivity index (χ0n) is 36.7. The van der Waals surface area contributed by atoms with Crippen LogP contribution in [0.25, 0.3) is 0 Å². The van der Waals surface area contributed by atoms with Crippen LogP contribution in [0.5, 0.6) is 0 Å². The van der Waals surface area contributed by atoms with Crippen LogP contribution in [0.1, 0.15) is 38.2 Å². The minimum atomic E-state index is -0.838. The lowest BCUT2D eigenvalue weighted by atomic mass is 10.2. The second kappa shape index (κ2) is 36.4. The molecule has 64 heavy (non-hydrogen) atoms. The molecular weight excluding hydrogens is 844 g/mol. The first-order valence-electron chi connectivity index (χ1n) is 21.3. The number of imide groups is 1. The average molecular weight is 911 g/mol. The zero-order valence-corrected chi connectivity index (χ0v) is 36.7. The summed E-state index contributed by atoms with van der Waals surface area (Å²) >= 11 is 0. The Morgan fingerprint density at radius 2 is 0.984 bits per heavy atom. The number of amides is 7. The van der Waals surface area contributed by atoms with Crippen molar-refractivity contribution in [3.8, 4) is 0 Å². The average Bonchev–Trinajstić information content (AvgIpc) is 3.61. The van der Waals surface area contributed by atoms with Crippen LogP contribution in [0, 0.1) is 0 Å². The summed E-state index contributed by atoms with van der Waals surface area (Å²) in [5.41, 5.74) is 1.22. The summed E-state index contributed by atoms with van der Waals surface area (Å²) in [6.45, 7) is 7.87. The minimum Gasteiger partial charge on any atom is -0.392 e. The van der Waals surface area contributed by atoms with Crippen molar-refractivity contribution in [1.82, 2.24) is 26.2 Å². The summed E-state index contributed by atoms with van der Waals surface area (Å²) in [7, 11) is 0. The number of rotatable bonds is 40. The number of hydrogen-bond donors (Lipinski definition) is 6. The highest BCUT2D eigenvalue weighted by Gasteiger charge is 2.23. The largest absolute Gasteiger partial charge is 0.392 e. The van der Waals surface area contributed by atoms with E-state index in [2.05, 4.69) is 26.6 Å². The van der Waals surface area contributed by atoms with Gasteiger partial charge in [0.05, 0.1) is 119 Å². The van der Waals surface area contributed by atoms with Crippen molar-refractivity contribution >= 4 is 47.0 Å². The number of aliphatic hydroxyl groups excluding tert-OH is 1. The molecule has 0 aromatic heterocycles. The lowest BCUT2D eigenvalue weighted by Gasteiger charge is -2.14. The molecule has 1 aromatic rings. The molecule has 0 aliphatic carbocycles. The highest BCUT2D eigenvalue weighted by atomic mass is 16.6. The predicted octanol–water partition coefficient (Wildman–Crippen LogP) is -1.41. The van der Waals surface area contributed by atoms with E-state index in [1.54, 1.807) is 24.3 Å². The lowest BCUT2D eigenvalue weighted by Crippen LogP contribution is -2.45. The molecule has 1 aromatic carbocycles. The van der Waals surface area contributed by atoms with Crippen molar-refractivity contribution in [2.45, 2.75) is 45.3 Å². The Labute approximate surface area is 373 Å². The number of ether oxygens (including phenoxy) is 8. The summed E-state index contributed by atoms with van der Waals surface area (Å²) in [5.74, 6) is -2.61. The third-order valence-corrected chi connectivity index (χ3v) is 8.63. The van der Waals surface area contributed by atoms with Crippen molar-refractivity contribution in [3.63, 3.8) is 0 Å². The van der Waals surface area contributed by atoms with Gasteiger partial charge in [0, 0.05) is 56.7 Å². The van der Waals surface area contributed by atoms with Crippen LogP contribution < -0.4 is 26.6 Å². The first kappa shape index (κ1) is 55.2. The fourth-order valence-corrected chi connectivity index (χ4v) is 5.16. The van der Waals surface area contributed by atoms with Crippen molar-refractivity contribution in [2.75, 3.05) is 137 Å². The molecule has 0 fully saturated rings. The van der Waals surface area contributed by atoms with E-state index >= 15 is 0 Å². The second-order valence-corrected chi connectivity index (χ2v) is 13.8. The van der Waals surface area contributed by atoms with E-state index in [1.165, 1.54) is 19.1 Å². The topological polar surface area (TPSA) is 277 Å². The molecule has 1 heterocycles.